The van der Waals surface area contributed by atoms with Crippen molar-refractivity contribution in [1.82, 2.24) is 15.2 Å². The van der Waals surface area contributed by atoms with E-state index in [1.807, 2.05) is 14.0 Å². The summed E-state index contributed by atoms with van der Waals surface area (Å²) in [5, 5.41) is 3.18. The monoisotopic (exact) mass is 373 g/mol. The highest BCUT2D eigenvalue weighted by Gasteiger charge is 2.23. The van der Waals surface area contributed by atoms with Gasteiger partial charge in [-0.3, -0.25) is 4.98 Å². The van der Waals surface area contributed by atoms with Gasteiger partial charge in [-0.2, -0.15) is 0 Å². The van der Waals surface area contributed by atoms with Crippen molar-refractivity contribution < 1.29 is 8.78 Å². The van der Waals surface area contributed by atoms with Crippen LogP contribution in [0, 0.1) is 18.6 Å². The van der Waals surface area contributed by atoms with Gasteiger partial charge in [0.2, 0.25) is 0 Å². The van der Waals surface area contributed by atoms with Crippen LogP contribution in [0.2, 0.25) is 0 Å². The third kappa shape index (κ3) is 4.90. The van der Waals surface area contributed by atoms with Gasteiger partial charge < -0.3 is 10.2 Å². The highest BCUT2D eigenvalue weighted by molar-refractivity contribution is 5.33. The van der Waals surface area contributed by atoms with Crippen LogP contribution in [-0.4, -0.2) is 37.1 Å². The van der Waals surface area contributed by atoms with Gasteiger partial charge in [-0.15, -0.1) is 0 Å². The van der Waals surface area contributed by atoms with E-state index in [1.165, 1.54) is 17.7 Å². The van der Waals surface area contributed by atoms with Crippen LogP contribution in [0.15, 0.2) is 24.3 Å². The second-order valence-electron chi connectivity index (χ2n) is 7.65. The molecular weight excluding hydrogens is 344 g/mol. The van der Waals surface area contributed by atoms with E-state index >= 15 is 0 Å². The quantitative estimate of drug-likeness (QED) is 0.777. The molecule has 0 unspecified atom stereocenters. The first-order valence-electron chi connectivity index (χ1n) is 9.74. The van der Waals surface area contributed by atoms with Crippen molar-refractivity contribution in [3.05, 3.63) is 64.0 Å². The van der Waals surface area contributed by atoms with E-state index in [1.54, 1.807) is 0 Å². The summed E-state index contributed by atoms with van der Waals surface area (Å²) >= 11 is 0. The summed E-state index contributed by atoms with van der Waals surface area (Å²) in [5.74, 6) is -1.17. The largest absolute Gasteiger partial charge is 0.318 e. The van der Waals surface area contributed by atoms with Crippen LogP contribution in [0.5, 0.6) is 0 Å². The molecule has 5 heteroatoms. The summed E-state index contributed by atoms with van der Waals surface area (Å²) in [6.45, 7) is 4.80. The number of aromatic nitrogens is 1. The molecule has 1 heterocycles. The fraction of sp³-hybridized carbons (Fsp3) is 0.500. The predicted octanol–water partition coefficient (Wildman–Crippen LogP) is 3.98. The van der Waals surface area contributed by atoms with Gasteiger partial charge in [0.25, 0.3) is 0 Å². The van der Waals surface area contributed by atoms with Crippen molar-refractivity contribution in [2.45, 2.75) is 45.1 Å². The van der Waals surface area contributed by atoms with Gasteiger partial charge in [0, 0.05) is 36.9 Å². The van der Waals surface area contributed by atoms with Crippen molar-refractivity contribution in [2.75, 3.05) is 27.2 Å². The molecule has 1 N–H and O–H groups in total. The predicted molar refractivity (Wildman–Crippen MR) is 105 cm³/mol. The van der Waals surface area contributed by atoms with Crippen LogP contribution in [0.4, 0.5) is 8.78 Å². The molecule has 0 saturated carbocycles. The first-order valence-corrected chi connectivity index (χ1v) is 9.74. The summed E-state index contributed by atoms with van der Waals surface area (Å²) in [6, 6.07) is 7.01. The Hall–Kier alpha value is -1.85. The van der Waals surface area contributed by atoms with Crippen molar-refractivity contribution in [1.29, 1.82) is 0 Å². The van der Waals surface area contributed by atoms with Gasteiger partial charge in [-0.1, -0.05) is 6.07 Å². The van der Waals surface area contributed by atoms with E-state index in [9.17, 15) is 8.78 Å². The average molecular weight is 373 g/mol. The number of benzene rings is 1. The fourth-order valence-corrected chi connectivity index (χ4v) is 3.94. The highest BCUT2D eigenvalue weighted by atomic mass is 19.2. The second-order valence-corrected chi connectivity index (χ2v) is 7.65. The maximum Gasteiger partial charge on any atom is 0.159 e. The normalized spacial score (nSPS) is 15.0. The number of nitrogens with zero attached hydrogens (tertiary/aromatic N) is 2. The number of hydrogen-bond donors (Lipinski definition) is 1. The number of halogens is 2. The SMILES string of the molecule is CNCCN(C)Cc1ccc(C)nc1C1CCc2cc(F)c(F)cc2CC1. The topological polar surface area (TPSA) is 28.2 Å². The molecule has 0 atom stereocenters. The Bertz CT molecular complexity index is 758. The molecule has 0 amide bonds. The number of nitrogens with one attached hydrogen (secondary N) is 1. The summed E-state index contributed by atoms with van der Waals surface area (Å²) < 4.78 is 27.2. The molecule has 27 heavy (non-hydrogen) atoms. The number of rotatable bonds is 6. The van der Waals surface area contributed by atoms with E-state index in [0.717, 1.165) is 67.8 Å². The summed E-state index contributed by atoms with van der Waals surface area (Å²) in [6.07, 6.45) is 3.37. The first-order chi connectivity index (χ1) is 13.0. The zero-order valence-electron chi connectivity index (χ0n) is 16.5. The van der Waals surface area contributed by atoms with Crippen LogP contribution in [0.25, 0.3) is 0 Å². The van der Waals surface area contributed by atoms with Gasteiger partial charge in [-0.05, 0) is 81.6 Å². The third-order valence-corrected chi connectivity index (χ3v) is 5.49. The van der Waals surface area contributed by atoms with E-state index in [4.69, 9.17) is 4.98 Å². The van der Waals surface area contributed by atoms with Gasteiger partial charge in [0.1, 0.15) is 0 Å². The summed E-state index contributed by atoms with van der Waals surface area (Å²) in [7, 11) is 4.08. The lowest BCUT2D eigenvalue weighted by atomic mass is 9.91. The molecule has 0 fully saturated rings. The Morgan fingerprint density at radius 1 is 1.11 bits per heavy atom. The Morgan fingerprint density at radius 3 is 2.33 bits per heavy atom. The van der Waals surface area contributed by atoms with Gasteiger partial charge in [-0.25, -0.2) is 8.78 Å². The van der Waals surface area contributed by atoms with E-state index in [0.29, 0.717) is 5.92 Å². The Labute approximate surface area is 160 Å². The number of pyridine rings is 1. The molecule has 0 aliphatic heterocycles. The van der Waals surface area contributed by atoms with Crippen molar-refractivity contribution >= 4 is 0 Å². The molecule has 1 aromatic heterocycles. The number of likely N-dealkylation sites (N-methyl/N-ethyl adjacent to an activating group) is 2. The van der Waals surface area contributed by atoms with Crippen LogP contribution in [0.3, 0.4) is 0 Å². The van der Waals surface area contributed by atoms with Gasteiger partial charge in [0.15, 0.2) is 11.6 Å². The van der Waals surface area contributed by atoms with Crippen LogP contribution < -0.4 is 5.32 Å². The highest BCUT2D eigenvalue weighted by Crippen LogP contribution is 2.33. The van der Waals surface area contributed by atoms with E-state index in [2.05, 4.69) is 29.4 Å². The molecule has 3 rings (SSSR count). The minimum atomic E-state index is -0.743. The van der Waals surface area contributed by atoms with Crippen molar-refractivity contribution in [2.24, 2.45) is 0 Å². The second kappa shape index (κ2) is 8.89. The van der Waals surface area contributed by atoms with Crippen molar-refractivity contribution in [3.63, 3.8) is 0 Å². The average Bonchev–Trinajstić information content (AvgIpc) is 2.84. The summed E-state index contributed by atoms with van der Waals surface area (Å²) in [5.41, 5.74) is 5.31. The first kappa shape index (κ1) is 19.9. The number of aryl methyl sites for hydroxylation is 3. The lowest BCUT2D eigenvalue weighted by Gasteiger charge is -2.22. The minimum absolute atomic E-state index is 0.316. The molecule has 3 nitrogen and oxygen atoms in total. The zero-order valence-corrected chi connectivity index (χ0v) is 16.5. The van der Waals surface area contributed by atoms with Gasteiger partial charge >= 0.3 is 0 Å². The molecule has 146 valence electrons. The van der Waals surface area contributed by atoms with Gasteiger partial charge in [0.05, 0.1) is 0 Å². The van der Waals surface area contributed by atoms with Crippen LogP contribution in [0.1, 0.15) is 46.8 Å². The Kier molecular flexibility index (Phi) is 6.55. The standard InChI is InChI=1S/C22H29F2N3/c1-15-4-5-19(14-27(3)11-10-25-2)22(26-15)16-6-8-17-12-20(23)21(24)13-18(17)9-7-16/h4-5,12-13,16,25H,6-11,14H2,1-3H3. The molecule has 1 aliphatic carbocycles. The minimum Gasteiger partial charge on any atom is -0.318 e. The third-order valence-electron chi connectivity index (χ3n) is 5.49. The molecular formula is C22H29F2N3. The molecule has 1 aliphatic rings. The number of fused-ring (bicyclic) bond motifs is 1. The molecule has 1 aromatic carbocycles. The molecule has 0 saturated heterocycles. The lowest BCUT2D eigenvalue weighted by molar-refractivity contribution is 0.325. The molecule has 2 aromatic rings. The van der Waals surface area contributed by atoms with Crippen LogP contribution >= 0.6 is 0 Å². The van der Waals surface area contributed by atoms with E-state index in [-0.39, 0.29) is 0 Å². The molecule has 0 spiro atoms. The number of hydrogen-bond acceptors (Lipinski definition) is 3. The van der Waals surface area contributed by atoms with Crippen molar-refractivity contribution in [3.8, 4) is 0 Å². The van der Waals surface area contributed by atoms with Crippen LogP contribution in [-0.2, 0) is 19.4 Å². The maximum atomic E-state index is 13.6. The summed E-state index contributed by atoms with van der Waals surface area (Å²) in [4.78, 5) is 7.17. The Balaban J connectivity index is 1.81. The lowest BCUT2D eigenvalue weighted by Crippen LogP contribution is -2.27. The fourth-order valence-electron chi connectivity index (χ4n) is 3.94. The maximum absolute atomic E-state index is 13.6. The zero-order chi connectivity index (χ0) is 19.4. The smallest absolute Gasteiger partial charge is 0.159 e. The molecule has 0 radical (unpaired) electrons. The molecule has 0 bridgehead atoms. The van der Waals surface area contributed by atoms with E-state index < -0.39 is 11.6 Å². The Morgan fingerprint density at radius 2 is 1.74 bits per heavy atom.